The standard InChI is InChI=1S/C12H15BrClNO2S2/c1-18-11-4-2-3-10(11)15-19(16,17)12-6-5-8(13)7-9(12)14/h5-7,10-11,15H,2-4H2,1H3. The Labute approximate surface area is 131 Å². The van der Waals surface area contributed by atoms with E-state index in [1.54, 1.807) is 23.9 Å². The fourth-order valence-electron chi connectivity index (χ4n) is 2.30. The van der Waals surface area contributed by atoms with Crippen molar-refractivity contribution in [1.29, 1.82) is 0 Å². The van der Waals surface area contributed by atoms with Crippen molar-refractivity contribution in [1.82, 2.24) is 4.72 Å². The highest BCUT2D eigenvalue weighted by atomic mass is 79.9. The number of sulfonamides is 1. The molecule has 7 heteroatoms. The average Bonchev–Trinajstić information content (AvgIpc) is 2.74. The van der Waals surface area contributed by atoms with Crippen molar-refractivity contribution >= 4 is 49.3 Å². The molecular formula is C12H15BrClNO2S2. The molecule has 1 aromatic rings. The van der Waals surface area contributed by atoms with Crippen LogP contribution in [0.15, 0.2) is 27.6 Å². The van der Waals surface area contributed by atoms with Crippen LogP contribution in [0.2, 0.25) is 5.02 Å². The number of rotatable bonds is 4. The SMILES string of the molecule is CSC1CCCC1NS(=O)(=O)c1ccc(Br)cc1Cl. The van der Waals surface area contributed by atoms with Gasteiger partial charge in [0.15, 0.2) is 0 Å². The third-order valence-electron chi connectivity index (χ3n) is 3.25. The van der Waals surface area contributed by atoms with Gasteiger partial charge in [-0.25, -0.2) is 13.1 Å². The quantitative estimate of drug-likeness (QED) is 0.861. The number of benzene rings is 1. The van der Waals surface area contributed by atoms with E-state index >= 15 is 0 Å². The molecule has 0 bridgehead atoms. The van der Waals surface area contributed by atoms with Gasteiger partial charge in [0.1, 0.15) is 4.90 Å². The molecule has 1 aliphatic rings. The number of thioether (sulfide) groups is 1. The van der Waals surface area contributed by atoms with Gasteiger partial charge < -0.3 is 0 Å². The summed E-state index contributed by atoms with van der Waals surface area (Å²) in [6.07, 6.45) is 5.03. The predicted octanol–water partition coefficient (Wildman–Crippen LogP) is 3.66. The summed E-state index contributed by atoms with van der Waals surface area (Å²) in [5.74, 6) is 0. The Morgan fingerprint density at radius 2 is 2.16 bits per heavy atom. The highest BCUT2D eigenvalue weighted by Gasteiger charge is 2.31. The van der Waals surface area contributed by atoms with Crippen molar-refractivity contribution in [2.75, 3.05) is 6.26 Å². The molecule has 0 aliphatic heterocycles. The van der Waals surface area contributed by atoms with Gasteiger partial charge in [-0.2, -0.15) is 11.8 Å². The smallest absolute Gasteiger partial charge is 0.207 e. The van der Waals surface area contributed by atoms with Gasteiger partial charge in [0.25, 0.3) is 0 Å². The van der Waals surface area contributed by atoms with E-state index < -0.39 is 10.0 Å². The van der Waals surface area contributed by atoms with Crippen molar-refractivity contribution in [3.8, 4) is 0 Å². The monoisotopic (exact) mass is 383 g/mol. The first-order valence-corrected chi connectivity index (χ1v) is 9.88. The number of hydrogen-bond acceptors (Lipinski definition) is 3. The van der Waals surface area contributed by atoms with E-state index in [-0.39, 0.29) is 16.0 Å². The van der Waals surface area contributed by atoms with Crippen molar-refractivity contribution in [3.05, 3.63) is 27.7 Å². The lowest BCUT2D eigenvalue weighted by Crippen LogP contribution is -2.38. The molecule has 19 heavy (non-hydrogen) atoms. The zero-order chi connectivity index (χ0) is 14.0. The van der Waals surface area contributed by atoms with Crippen LogP contribution in [0.4, 0.5) is 0 Å². The summed E-state index contributed by atoms with van der Waals surface area (Å²) in [6.45, 7) is 0. The van der Waals surface area contributed by atoms with Crippen LogP contribution >= 0.6 is 39.3 Å². The number of halogens is 2. The van der Waals surface area contributed by atoms with E-state index in [1.807, 2.05) is 6.26 Å². The van der Waals surface area contributed by atoms with Crippen LogP contribution in [0.25, 0.3) is 0 Å². The Bertz CT molecular complexity index is 565. The molecule has 0 heterocycles. The highest BCUT2D eigenvalue weighted by Crippen LogP contribution is 2.31. The molecule has 1 N–H and O–H groups in total. The lowest BCUT2D eigenvalue weighted by atomic mass is 10.3. The van der Waals surface area contributed by atoms with E-state index in [1.165, 1.54) is 6.07 Å². The van der Waals surface area contributed by atoms with Gasteiger partial charge in [-0.05, 0) is 37.3 Å². The van der Waals surface area contributed by atoms with Crippen molar-refractivity contribution in [2.24, 2.45) is 0 Å². The number of hydrogen-bond donors (Lipinski definition) is 1. The van der Waals surface area contributed by atoms with E-state index in [0.29, 0.717) is 5.25 Å². The molecule has 0 amide bonds. The van der Waals surface area contributed by atoms with E-state index in [0.717, 1.165) is 23.7 Å². The van der Waals surface area contributed by atoms with Crippen molar-refractivity contribution in [3.63, 3.8) is 0 Å². The van der Waals surface area contributed by atoms with Crippen LogP contribution in [0.5, 0.6) is 0 Å². The Morgan fingerprint density at radius 1 is 1.42 bits per heavy atom. The summed E-state index contributed by atoms with van der Waals surface area (Å²) in [5.41, 5.74) is 0. The largest absolute Gasteiger partial charge is 0.242 e. The third kappa shape index (κ3) is 3.67. The predicted molar refractivity (Wildman–Crippen MR) is 84.4 cm³/mol. The Kier molecular flexibility index (Phi) is 5.22. The van der Waals surface area contributed by atoms with Crippen LogP contribution < -0.4 is 4.72 Å². The zero-order valence-corrected chi connectivity index (χ0v) is 14.4. The van der Waals surface area contributed by atoms with Crippen LogP contribution in [0, 0.1) is 0 Å². The van der Waals surface area contributed by atoms with Crippen LogP contribution in [-0.2, 0) is 10.0 Å². The van der Waals surface area contributed by atoms with Gasteiger partial charge in [-0.1, -0.05) is 34.0 Å². The Balaban J connectivity index is 2.23. The summed E-state index contributed by atoms with van der Waals surface area (Å²) in [4.78, 5) is 0.143. The molecule has 0 spiro atoms. The maximum Gasteiger partial charge on any atom is 0.242 e. The molecule has 1 aliphatic carbocycles. The summed E-state index contributed by atoms with van der Waals surface area (Å²) in [5, 5.41) is 0.588. The van der Waals surface area contributed by atoms with Gasteiger partial charge in [0.05, 0.1) is 5.02 Å². The van der Waals surface area contributed by atoms with E-state index in [9.17, 15) is 8.42 Å². The molecule has 0 radical (unpaired) electrons. The summed E-state index contributed by atoms with van der Waals surface area (Å²) < 4.78 is 28.3. The lowest BCUT2D eigenvalue weighted by molar-refractivity contribution is 0.555. The van der Waals surface area contributed by atoms with Crippen LogP contribution in [0.3, 0.4) is 0 Å². The molecule has 106 valence electrons. The van der Waals surface area contributed by atoms with Gasteiger partial charge >= 0.3 is 0 Å². The maximum absolute atomic E-state index is 12.4. The van der Waals surface area contributed by atoms with Crippen LogP contribution in [0.1, 0.15) is 19.3 Å². The van der Waals surface area contributed by atoms with Crippen LogP contribution in [-0.4, -0.2) is 26.0 Å². The van der Waals surface area contributed by atoms with Gasteiger partial charge in [-0.3, -0.25) is 0 Å². The maximum atomic E-state index is 12.4. The fraction of sp³-hybridized carbons (Fsp3) is 0.500. The lowest BCUT2D eigenvalue weighted by Gasteiger charge is -2.19. The first-order chi connectivity index (χ1) is 8.94. The second-order valence-corrected chi connectivity index (χ2v) is 8.59. The minimum absolute atomic E-state index is 0.000265. The number of nitrogens with one attached hydrogen (secondary N) is 1. The molecule has 2 atom stereocenters. The zero-order valence-electron chi connectivity index (χ0n) is 10.4. The second kappa shape index (κ2) is 6.35. The summed E-state index contributed by atoms with van der Waals surface area (Å²) >= 11 is 11.0. The molecular weight excluding hydrogens is 370 g/mol. The fourth-order valence-corrected chi connectivity index (χ4v) is 5.67. The molecule has 1 aromatic carbocycles. The summed E-state index contributed by atoms with van der Waals surface area (Å²) in [7, 11) is -3.55. The molecule has 0 saturated heterocycles. The third-order valence-corrected chi connectivity index (χ3v) is 6.88. The minimum Gasteiger partial charge on any atom is -0.207 e. The van der Waals surface area contributed by atoms with Gasteiger partial charge in [0, 0.05) is 15.8 Å². The van der Waals surface area contributed by atoms with E-state index in [2.05, 4.69) is 20.7 Å². The topological polar surface area (TPSA) is 46.2 Å². The first kappa shape index (κ1) is 15.6. The summed E-state index contributed by atoms with van der Waals surface area (Å²) in [6, 6.07) is 4.80. The molecule has 0 aromatic heterocycles. The Morgan fingerprint density at radius 3 is 2.79 bits per heavy atom. The minimum atomic E-state index is -3.55. The van der Waals surface area contributed by atoms with Gasteiger partial charge in [-0.15, -0.1) is 0 Å². The Hall–Kier alpha value is 0.250. The molecule has 1 fully saturated rings. The highest BCUT2D eigenvalue weighted by molar-refractivity contribution is 9.10. The van der Waals surface area contributed by atoms with Gasteiger partial charge in [0.2, 0.25) is 10.0 Å². The normalized spacial score (nSPS) is 23.7. The second-order valence-electron chi connectivity index (χ2n) is 4.51. The first-order valence-electron chi connectivity index (χ1n) is 5.94. The van der Waals surface area contributed by atoms with Crippen molar-refractivity contribution in [2.45, 2.75) is 35.4 Å². The molecule has 1 saturated carbocycles. The van der Waals surface area contributed by atoms with Crippen molar-refractivity contribution < 1.29 is 8.42 Å². The molecule has 2 unspecified atom stereocenters. The molecule has 2 rings (SSSR count). The molecule has 3 nitrogen and oxygen atoms in total. The van der Waals surface area contributed by atoms with E-state index in [4.69, 9.17) is 11.6 Å². The average molecular weight is 385 g/mol.